The highest BCUT2D eigenvalue weighted by Crippen LogP contribution is 2.32. The number of carbonyl (C=O) groups is 1. The van der Waals surface area contributed by atoms with Crippen molar-refractivity contribution in [1.29, 1.82) is 0 Å². The molecule has 0 aliphatic rings. The van der Waals surface area contributed by atoms with Crippen molar-refractivity contribution in [3.05, 3.63) is 76.6 Å². The van der Waals surface area contributed by atoms with Gasteiger partial charge in [-0.05, 0) is 47.8 Å². The smallest absolute Gasteiger partial charge is 0.258 e. The van der Waals surface area contributed by atoms with Crippen LogP contribution in [0, 0.1) is 5.82 Å². The van der Waals surface area contributed by atoms with E-state index in [0.717, 1.165) is 0 Å². The normalized spacial score (nSPS) is 13.2. The number of carbonyl (C=O) groups excluding carboxylic acids is 1. The number of hydrogen-bond donors (Lipinski definition) is 2. The van der Waals surface area contributed by atoms with E-state index in [1.165, 1.54) is 41.9 Å². The van der Waals surface area contributed by atoms with E-state index < -0.39 is 11.5 Å². The number of halogens is 1. The fourth-order valence-electron chi connectivity index (χ4n) is 2.28. The Hall–Kier alpha value is -2.64. The predicted octanol–water partition coefficient (Wildman–Crippen LogP) is 2.91. The van der Waals surface area contributed by atoms with Crippen LogP contribution in [0.15, 0.2) is 64.6 Å². The summed E-state index contributed by atoms with van der Waals surface area (Å²) < 4.78 is 23.5. The van der Waals surface area contributed by atoms with E-state index in [9.17, 15) is 14.3 Å². The number of furan rings is 1. The molecule has 1 aromatic carbocycles. The van der Waals surface area contributed by atoms with Gasteiger partial charge in [-0.3, -0.25) is 4.79 Å². The van der Waals surface area contributed by atoms with Crippen LogP contribution in [0.3, 0.4) is 0 Å². The molecule has 1 unspecified atom stereocenters. The molecule has 2 aromatic heterocycles. The number of thiophene rings is 1. The molecular formula is C18H16FNO4S. The lowest BCUT2D eigenvalue weighted by Gasteiger charge is -2.25. The van der Waals surface area contributed by atoms with Gasteiger partial charge >= 0.3 is 0 Å². The Kier molecular flexibility index (Phi) is 5.16. The van der Waals surface area contributed by atoms with E-state index in [-0.39, 0.29) is 19.0 Å². The lowest BCUT2D eigenvalue weighted by molar-refractivity contribution is -0.124. The van der Waals surface area contributed by atoms with Gasteiger partial charge in [-0.25, -0.2) is 4.39 Å². The number of ether oxygens (including phenoxy) is 1. The van der Waals surface area contributed by atoms with Gasteiger partial charge in [-0.1, -0.05) is 6.07 Å². The first kappa shape index (κ1) is 17.2. The fourth-order valence-corrected chi connectivity index (χ4v) is 3.11. The Balaban J connectivity index is 1.61. The molecule has 3 rings (SSSR count). The molecule has 0 fully saturated rings. The predicted molar refractivity (Wildman–Crippen MR) is 90.9 cm³/mol. The summed E-state index contributed by atoms with van der Waals surface area (Å²) >= 11 is 1.36. The average molecular weight is 361 g/mol. The van der Waals surface area contributed by atoms with Crippen molar-refractivity contribution in [2.45, 2.75) is 5.60 Å². The van der Waals surface area contributed by atoms with Gasteiger partial charge < -0.3 is 19.6 Å². The number of aliphatic hydroxyl groups is 1. The standard InChI is InChI=1S/C18H16FNO4S/c19-13-5-7-14(8-6-13)24-11-17(21)20-12-18(22,15-3-1-9-23-15)16-4-2-10-25-16/h1-10,22H,11-12H2,(H,20,21). The van der Waals surface area contributed by atoms with Crippen LogP contribution < -0.4 is 10.1 Å². The van der Waals surface area contributed by atoms with Crippen molar-refractivity contribution in [3.8, 4) is 5.75 Å². The van der Waals surface area contributed by atoms with Crippen LogP contribution in [-0.4, -0.2) is 24.2 Å². The van der Waals surface area contributed by atoms with Crippen molar-refractivity contribution < 1.29 is 23.4 Å². The number of hydrogen-bond acceptors (Lipinski definition) is 5. The topological polar surface area (TPSA) is 71.7 Å². The van der Waals surface area contributed by atoms with Crippen molar-refractivity contribution >= 4 is 17.2 Å². The molecule has 0 bridgehead atoms. The summed E-state index contributed by atoms with van der Waals surface area (Å²) in [4.78, 5) is 12.7. The van der Waals surface area contributed by atoms with Gasteiger partial charge in [0.1, 0.15) is 17.3 Å². The first-order valence-corrected chi connectivity index (χ1v) is 8.41. The minimum Gasteiger partial charge on any atom is -0.484 e. The number of nitrogens with one attached hydrogen (secondary N) is 1. The molecule has 1 amide bonds. The number of amides is 1. The molecule has 0 saturated carbocycles. The summed E-state index contributed by atoms with van der Waals surface area (Å²) in [6.07, 6.45) is 1.47. The van der Waals surface area contributed by atoms with Crippen LogP contribution in [0.2, 0.25) is 0 Å². The molecule has 3 aromatic rings. The Morgan fingerprint density at radius 1 is 1.24 bits per heavy atom. The summed E-state index contributed by atoms with van der Waals surface area (Å²) in [5, 5.41) is 15.5. The second-order valence-electron chi connectivity index (χ2n) is 5.33. The minimum absolute atomic E-state index is 0.0629. The first-order valence-electron chi connectivity index (χ1n) is 7.53. The molecule has 7 heteroatoms. The van der Waals surface area contributed by atoms with Gasteiger partial charge in [-0.2, -0.15) is 0 Å². The highest BCUT2D eigenvalue weighted by atomic mass is 32.1. The summed E-state index contributed by atoms with van der Waals surface area (Å²) in [7, 11) is 0. The molecule has 0 aliphatic carbocycles. The number of benzene rings is 1. The van der Waals surface area contributed by atoms with E-state index in [1.807, 2.05) is 11.4 Å². The summed E-state index contributed by atoms with van der Waals surface area (Å²) in [5.41, 5.74) is -1.46. The molecular weight excluding hydrogens is 345 g/mol. The van der Waals surface area contributed by atoms with Crippen LogP contribution in [0.4, 0.5) is 4.39 Å². The largest absolute Gasteiger partial charge is 0.484 e. The van der Waals surface area contributed by atoms with Crippen molar-refractivity contribution in [2.75, 3.05) is 13.2 Å². The minimum atomic E-state index is -1.46. The Bertz CT molecular complexity index is 766. The van der Waals surface area contributed by atoms with E-state index in [4.69, 9.17) is 9.15 Å². The Labute approximate surface area is 147 Å². The first-order chi connectivity index (χ1) is 12.1. The molecule has 5 nitrogen and oxygen atoms in total. The average Bonchev–Trinajstić information content (AvgIpc) is 3.33. The van der Waals surface area contributed by atoms with Gasteiger partial charge in [0.05, 0.1) is 12.8 Å². The molecule has 0 saturated heterocycles. The molecule has 2 heterocycles. The molecule has 0 spiro atoms. The highest BCUT2D eigenvalue weighted by molar-refractivity contribution is 7.10. The van der Waals surface area contributed by atoms with Crippen LogP contribution >= 0.6 is 11.3 Å². The van der Waals surface area contributed by atoms with Crippen molar-refractivity contribution in [2.24, 2.45) is 0 Å². The van der Waals surface area contributed by atoms with Gasteiger partial charge in [0.25, 0.3) is 5.91 Å². The third-order valence-corrected chi connectivity index (χ3v) is 4.60. The van der Waals surface area contributed by atoms with Crippen LogP contribution in [0.5, 0.6) is 5.75 Å². The van der Waals surface area contributed by atoms with Gasteiger partial charge in [-0.15, -0.1) is 11.3 Å². The molecule has 0 radical (unpaired) electrons. The third-order valence-electron chi connectivity index (χ3n) is 3.58. The summed E-state index contributed by atoms with van der Waals surface area (Å²) in [6.45, 7) is -0.309. The lowest BCUT2D eigenvalue weighted by Crippen LogP contribution is -2.42. The zero-order chi connectivity index (χ0) is 17.7. The molecule has 130 valence electrons. The quantitative estimate of drug-likeness (QED) is 0.679. The van der Waals surface area contributed by atoms with Crippen LogP contribution in [0.25, 0.3) is 0 Å². The molecule has 0 aliphatic heterocycles. The third kappa shape index (κ3) is 4.07. The summed E-state index contributed by atoms with van der Waals surface area (Å²) in [6, 6.07) is 12.3. The Morgan fingerprint density at radius 3 is 2.68 bits per heavy atom. The van der Waals surface area contributed by atoms with Gasteiger partial charge in [0.15, 0.2) is 12.2 Å². The molecule has 25 heavy (non-hydrogen) atoms. The van der Waals surface area contributed by atoms with Crippen molar-refractivity contribution in [1.82, 2.24) is 5.32 Å². The lowest BCUT2D eigenvalue weighted by atomic mass is 9.98. The van der Waals surface area contributed by atoms with E-state index >= 15 is 0 Å². The van der Waals surface area contributed by atoms with Gasteiger partial charge in [0.2, 0.25) is 0 Å². The van der Waals surface area contributed by atoms with Gasteiger partial charge in [0, 0.05) is 4.88 Å². The highest BCUT2D eigenvalue weighted by Gasteiger charge is 2.36. The maximum Gasteiger partial charge on any atom is 0.258 e. The monoisotopic (exact) mass is 361 g/mol. The summed E-state index contributed by atoms with van der Waals surface area (Å²) in [5.74, 6) is -0.0621. The second-order valence-corrected chi connectivity index (χ2v) is 6.28. The molecule has 1 atom stereocenters. The van der Waals surface area contributed by atoms with Crippen molar-refractivity contribution in [3.63, 3.8) is 0 Å². The Morgan fingerprint density at radius 2 is 2.04 bits per heavy atom. The van der Waals surface area contributed by atoms with Crippen LogP contribution in [-0.2, 0) is 10.4 Å². The SMILES string of the molecule is O=C(COc1ccc(F)cc1)NCC(O)(c1ccco1)c1cccs1. The van der Waals surface area contributed by atoms with E-state index in [0.29, 0.717) is 16.4 Å². The van der Waals surface area contributed by atoms with E-state index in [1.54, 1.807) is 18.2 Å². The number of rotatable bonds is 7. The zero-order valence-corrected chi connectivity index (χ0v) is 14.0. The fraction of sp³-hybridized carbons (Fsp3) is 0.167. The maximum atomic E-state index is 12.8. The zero-order valence-electron chi connectivity index (χ0n) is 13.1. The molecule has 2 N–H and O–H groups in total. The maximum absolute atomic E-state index is 12.8. The second kappa shape index (κ2) is 7.50. The van der Waals surface area contributed by atoms with Crippen LogP contribution in [0.1, 0.15) is 10.6 Å². The van der Waals surface area contributed by atoms with E-state index in [2.05, 4.69) is 5.32 Å².